The van der Waals surface area contributed by atoms with Gasteiger partial charge >= 0.3 is 0 Å². The van der Waals surface area contributed by atoms with E-state index in [9.17, 15) is 0 Å². The van der Waals surface area contributed by atoms with Crippen LogP contribution in [0.25, 0.3) is 11.4 Å². The van der Waals surface area contributed by atoms with Crippen LogP contribution in [0.2, 0.25) is 0 Å². The highest BCUT2D eigenvalue weighted by Crippen LogP contribution is 2.28. The summed E-state index contributed by atoms with van der Waals surface area (Å²) in [7, 11) is 2.20. The molecule has 0 atom stereocenters. The third-order valence-electron chi connectivity index (χ3n) is 5.11. The fraction of sp³-hybridized carbons (Fsp3) is 0.524. The van der Waals surface area contributed by atoms with E-state index in [0.717, 1.165) is 56.4 Å². The van der Waals surface area contributed by atoms with Crippen LogP contribution in [0.4, 0.5) is 5.82 Å². The van der Waals surface area contributed by atoms with Gasteiger partial charge in [0, 0.05) is 37.0 Å². The minimum atomic E-state index is 0.891. The Bertz CT molecular complexity index is 704. The highest BCUT2D eigenvalue weighted by molar-refractivity contribution is 5.66. The van der Waals surface area contributed by atoms with Gasteiger partial charge in [-0.3, -0.25) is 0 Å². The van der Waals surface area contributed by atoms with Crippen LogP contribution in [0.1, 0.15) is 37.1 Å². The summed E-state index contributed by atoms with van der Waals surface area (Å²) in [5, 5.41) is 0. The van der Waals surface area contributed by atoms with E-state index in [4.69, 9.17) is 9.97 Å². The fourth-order valence-corrected chi connectivity index (χ4v) is 3.63. The number of likely N-dealkylation sites (N-methyl/N-ethyl adjacent to an activating group) is 1. The highest BCUT2D eigenvalue weighted by Gasteiger charge is 2.17. The van der Waals surface area contributed by atoms with E-state index in [1.165, 1.54) is 23.1 Å². The lowest BCUT2D eigenvalue weighted by Gasteiger charge is -2.23. The standard InChI is InChI=1S/C21H30N4/c1-5-17-9-7-10-18(6-2)20(17)21-22-16(3)15-19(23-21)25-12-8-11-24(4)13-14-25/h7,9-10,15H,5-6,8,11-14H2,1-4H3. The van der Waals surface area contributed by atoms with Crippen molar-refractivity contribution in [2.45, 2.75) is 40.0 Å². The minimum absolute atomic E-state index is 0.891. The highest BCUT2D eigenvalue weighted by atomic mass is 15.2. The number of rotatable bonds is 4. The molecule has 134 valence electrons. The number of aryl methyl sites for hydroxylation is 3. The van der Waals surface area contributed by atoms with Gasteiger partial charge in [-0.25, -0.2) is 9.97 Å². The molecule has 0 aliphatic carbocycles. The van der Waals surface area contributed by atoms with E-state index in [1.807, 2.05) is 0 Å². The van der Waals surface area contributed by atoms with Gasteiger partial charge in [-0.1, -0.05) is 32.0 Å². The molecule has 0 amide bonds. The van der Waals surface area contributed by atoms with Gasteiger partial charge in [0.2, 0.25) is 0 Å². The first kappa shape index (κ1) is 17.9. The molecule has 1 fully saturated rings. The van der Waals surface area contributed by atoms with Crippen molar-refractivity contribution in [3.8, 4) is 11.4 Å². The van der Waals surface area contributed by atoms with E-state index in [0.29, 0.717) is 0 Å². The zero-order chi connectivity index (χ0) is 17.8. The Labute approximate surface area is 151 Å². The molecular formula is C21H30N4. The van der Waals surface area contributed by atoms with Gasteiger partial charge in [0.15, 0.2) is 5.82 Å². The minimum Gasteiger partial charge on any atom is -0.355 e. The largest absolute Gasteiger partial charge is 0.355 e. The molecule has 25 heavy (non-hydrogen) atoms. The van der Waals surface area contributed by atoms with Gasteiger partial charge in [-0.2, -0.15) is 0 Å². The number of nitrogens with zero attached hydrogens (tertiary/aromatic N) is 4. The average Bonchev–Trinajstić information content (AvgIpc) is 2.85. The van der Waals surface area contributed by atoms with Gasteiger partial charge in [-0.15, -0.1) is 0 Å². The van der Waals surface area contributed by atoms with Crippen molar-refractivity contribution >= 4 is 5.82 Å². The molecular weight excluding hydrogens is 308 g/mol. The number of hydrogen-bond acceptors (Lipinski definition) is 4. The molecule has 0 bridgehead atoms. The molecule has 1 aliphatic heterocycles. The average molecular weight is 338 g/mol. The van der Waals surface area contributed by atoms with Crippen LogP contribution < -0.4 is 4.90 Å². The first-order valence-corrected chi connectivity index (χ1v) is 9.52. The molecule has 0 saturated carbocycles. The second-order valence-corrected chi connectivity index (χ2v) is 6.99. The SMILES string of the molecule is CCc1cccc(CC)c1-c1nc(C)cc(N2CCCN(C)CC2)n1. The quantitative estimate of drug-likeness (QED) is 0.850. The lowest BCUT2D eigenvalue weighted by molar-refractivity contribution is 0.360. The van der Waals surface area contributed by atoms with Gasteiger partial charge in [0.1, 0.15) is 5.82 Å². The van der Waals surface area contributed by atoms with Crippen LogP contribution in [-0.2, 0) is 12.8 Å². The first-order valence-electron chi connectivity index (χ1n) is 9.52. The molecule has 0 radical (unpaired) electrons. The third-order valence-corrected chi connectivity index (χ3v) is 5.11. The zero-order valence-corrected chi connectivity index (χ0v) is 16.0. The van der Waals surface area contributed by atoms with E-state index < -0.39 is 0 Å². The predicted molar refractivity (Wildman–Crippen MR) is 105 cm³/mol. The number of aromatic nitrogens is 2. The number of hydrogen-bond donors (Lipinski definition) is 0. The molecule has 1 aromatic heterocycles. The predicted octanol–water partition coefficient (Wildman–Crippen LogP) is 3.72. The van der Waals surface area contributed by atoms with E-state index in [-0.39, 0.29) is 0 Å². The Hall–Kier alpha value is -1.94. The van der Waals surface area contributed by atoms with Crippen molar-refractivity contribution in [2.24, 2.45) is 0 Å². The first-order chi connectivity index (χ1) is 12.1. The van der Waals surface area contributed by atoms with Crippen molar-refractivity contribution < 1.29 is 0 Å². The maximum atomic E-state index is 5.01. The van der Waals surface area contributed by atoms with E-state index in [2.05, 4.69) is 61.9 Å². The van der Waals surface area contributed by atoms with Gasteiger partial charge in [-0.05, 0) is 50.9 Å². The maximum absolute atomic E-state index is 5.01. The number of anilines is 1. The maximum Gasteiger partial charge on any atom is 0.162 e. The molecule has 0 unspecified atom stereocenters. The van der Waals surface area contributed by atoms with Crippen LogP contribution in [0.15, 0.2) is 24.3 Å². The molecule has 3 rings (SSSR count). The van der Waals surface area contributed by atoms with Gasteiger partial charge in [0.05, 0.1) is 0 Å². The van der Waals surface area contributed by atoms with Gasteiger partial charge < -0.3 is 9.80 Å². The van der Waals surface area contributed by atoms with Crippen molar-refractivity contribution in [1.29, 1.82) is 0 Å². The molecule has 1 saturated heterocycles. The van der Waals surface area contributed by atoms with Crippen molar-refractivity contribution in [2.75, 3.05) is 38.1 Å². The summed E-state index contributed by atoms with van der Waals surface area (Å²) in [5.41, 5.74) is 4.97. The summed E-state index contributed by atoms with van der Waals surface area (Å²) < 4.78 is 0. The summed E-state index contributed by atoms with van der Waals surface area (Å²) in [6, 6.07) is 8.71. The fourth-order valence-electron chi connectivity index (χ4n) is 3.63. The smallest absolute Gasteiger partial charge is 0.162 e. The monoisotopic (exact) mass is 338 g/mol. The summed E-state index contributed by atoms with van der Waals surface area (Å²) >= 11 is 0. The molecule has 2 heterocycles. The Kier molecular flexibility index (Phi) is 5.69. The lowest BCUT2D eigenvalue weighted by Crippen LogP contribution is -2.29. The summed E-state index contributed by atoms with van der Waals surface area (Å²) in [4.78, 5) is 14.6. The van der Waals surface area contributed by atoms with Crippen LogP contribution >= 0.6 is 0 Å². The normalized spacial score (nSPS) is 16.1. The van der Waals surface area contributed by atoms with Crippen molar-refractivity contribution in [3.63, 3.8) is 0 Å². The number of benzene rings is 1. The zero-order valence-electron chi connectivity index (χ0n) is 16.0. The third kappa shape index (κ3) is 4.01. The van der Waals surface area contributed by atoms with Crippen LogP contribution in [0, 0.1) is 6.92 Å². The van der Waals surface area contributed by atoms with Crippen molar-refractivity contribution in [1.82, 2.24) is 14.9 Å². The molecule has 4 nitrogen and oxygen atoms in total. The molecule has 0 spiro atoms. The Balaban J connectivity index is 2.03. The second-order valence-electron chi connectivity index (χ2n) is 6.99. The van der Waals surface area contributed by atoms with Crippen LogP contribution in [0.3, 0.4) is 0 Å². The van der Waals surface area contributed by atoms with Crippen LogP contribution in [0.5, 0.6) is 0 Å². The van der Waals surface area contributed by atoms with E-state index >= 15 is 0 Å². The summed E-state index contributed by atoms with van der Waals surface area (Å²) in [6.07, 6.45) is 3.19. The second kappa shape index (κ2) is 7.96. The molecule has 0 N–H and O–H groups in total. The molecule has 2 aromatic rings. The Morgan fingerprint density at radius 2 is 1.68 bits per heavy atom. The summed E-state index contributed by atoms with van der Waals surface area (Å²) in [5.74, 6) is 1.97. The van der Waals surface area contributed by atoms with Gasteiger partial charge in [0.25, 0.3) is 0 Å². The van der Waals surface area contributed by atoms with E-state index in [1.54, 1.807) is 0 Å². The Morgan fingerprint density at radius 3 is 2.36 bits per heavy atom. The molecule has 1 aliphatic rings. The van der Waals surface area contributed by atoms with Crippen LogP contribution in [-0.4, -0.2) is 48.1 Å². The topological polar surface area (TPSA) is 32.3 Å². The van der Waals surface area contributed by atoms with Crippen molar-refractivity contribution in [3.05, 3.63) is 41.1 Å². The molecule has 4 heteroatoms. The Morgan fingerprint density at radius 1 is 0.960 bits per heavy atom. The molecule has 1 aromatic carbocycles. The lowest BCUT2D eigenvalue weighted by atomic mass is 9.97. The summed E-state index contributed by atoms with van der Waals surface area (Å²) in [6.45, 7) is 10.8.